The summed E-state index contributed by atoms with van der Waals surface area (Å²) in [6, 6.07) is 27.4. The topological polar surface area (TPSA) is 84.9 Å². The smallest absolute Gasteiger partial charge is 0.330 e. The van der Waals surface area contributed by atoms with Gasteiger partial charge in [-0.15, -0.1) is 11.3 Å². The van der Waals surface area contributed by atoms with Crippen molar-refractivity contribution in [2.45, 2.75) is 25.1 Å². The van der Waals surface area contributed by atoms with Crippen LogP contribution in [-0.2, 0) is 27.4 Å². The zero-order chi connectivity index (χ0) is 28.1. The Morgan fingerprint density at radius 2 is 1.55 bits per heavy atom. The van der Waals surface area contributed by atoms with E-state index in [1.54, 1.807) is 37.4 Å². The average Bonchev–Trinajstić information content (AvgIpc) is 3.41. The highest BCUT2D eigenvalue weighted by atomic mass is 35.5. The number of β-lactam (4-membered cyclic amide) rings is 1. The number of rotatable bonds is 9. The molecule has 7 nitrogen and oxygen atoms in total. The van der Waals surface area contributed by atoms with Crippen LogP contribution in [0.5, 0.6) is 5.75 Å². The molecular weight excluding hydrogens is 548 g/mol. The monoisotopic (exact) mass is 574 g/mol. The van der Waals surface area contributed by atoms with Gasteiger partial charge in [-0.25, -0.2) is 14.5 Å². The molecule has 4 aromatic rings. The first kappa shape index (κ1) is 27.4. The zero-order valence-corrected chi connectivity index (χ0v) is 23.2. The highest BCUT2D eigenvalue weighted by Gasteiger charge is 2.55. The summed E-state index contributed by atoms with van der Waals surface area (Å²) in [5.74, 6) is -1.14. The Labute approximate surface area is 241 Å². The molecule has 1 aliphatic rings. The molecular formula is C31H27ClN2O5S. The molecule has 0 radical (unpaired) electrons. The summed E-state index contributed by atoms with van der Waals surface area (Å²) in [6.45, 7) is -0.00279. The third kappa shape index (κ3) is 6.03. The number of halogens is 1. The summed E-state index contributed by atoms with van der Waals surface area (Å²) in [6.07, 6.45) is 0.281. The number of carbonyl (C=O) groups excluding carboxylic acids is 3. The van der Waals surface area contributed by atoms with Crippen molar-refractivity contribution in [2.24, 2.45) is 5.92 Å². The molecule has 0 saturated carbocycles. The van der Waals surface area contributed by atoms with Crippen LogP contribution >= 0.6 is 22.9 Å². The van der Waals surface area contributed by atoms with Crippen LogP contribution in [-0.4, -0.2) is 36.0 Å². The van der Waals surface area contributed by atoms with Crippen molar-refractivity contribution in [3.8, 4) is 5.75 Å². The number of ether oxygens (including phenoxy) is 2. The molecule has 9 heteroatoms. The number of nitrogens with one attached hydrogen (secondary N) is 1. The number of methoxy groups -OCH3 is 1. The number of urea groups is 1. The molecule has 1 N–H and O–H groups in total. The maximum Gasteiger partial charge on any atom is 0.330 e. The van der Waals surface area contributed by atoms with Crippen LogP contribution in [0.2, 0.25) is 4.34 Å². The number of likely N-dealkylation sites (tertiary alicyclic amines) is 1. The normalized spacial score (nSPS) is 16.4. The molecule has 5 rings (SSSR count). The molecule has 40 heavy (non-hydrogen) atoms. The molecule has 204 valence electrons. The van der Waals surface area contributed by atoms with E-state index in [0.29, 0.717) is 10.1 Å². The first-order valence-corrected chi connectivity index (χ1v) is 13.9. The van der Waals surface area contributed by atoms with Crippen molar-refractivity contribution in [3.63, 3.8) is 0 Å². The van der Waals surface area contributed by atoms with Crippen LogP contribution in [0.1, 0.15) is 27.6 Å². The standard InChI is InChI=1S/C31H27ClN2O5S/c1-38-23-14-12-20(13-15-23)19-39-30(36)28-25(18-24-16-17-26(32)40-24)29(35)34(28)31(37)33-27(21-8-4-2-5-9-21)22-10-6-3-7-11-22/h2-17,25,27-28H,18-19H2,1H3,(H,33,37)/t25-,28+/m1/s1. The highest BCUT2D eigenvalue weighted by molar-refractivity contribution is 7.16. The lowest BCUT2D eigenvalue weighted by molar-refractivity contribution is -0.170. The lowest BCUT2D eigenvalue weighted by atomic mass is 9.84. The summed E-state index contributed by atoms with van der Waals surface area (Å²) < 4.78 is 11.4. The molecule has 1 aliphatic heterocycles. The van der Waals surface area contributed by atoms with Gasteiger partial charge >= 0.3 is 12.0 Å². The van der Waals surface area contributed by atoms with Gasteiger partial charge in [-0.2, -0.15) is 0 Å². The van der Waals surface area contributed by atoms with Crippen LogP contribution in [0.25, 0.3) is 0 Å². The van der Waals surface area contributed by atoms with Crippen molar-refractivity contribution in [3.05, 3.63) is 123 Å². The number of imide groups is 1. The van der Waals surface area contributed by atoms with Gasteiger partial charge in [0.2, 0.25) is 5.91 Å². The quantitative estimate of drug-likeness (QED) is 0.195. The number of hydrogen-bond acceptors (Lipinski definition) is 6. The first-order valence-electron chi connectivity index (χ1n) is 12.7. The lowest BCUT2D eigenvalue weighted by Crippen LogP contribution is -2.69. The Bertz CT molecular complexity index is 1440. The first-order chi connectivity index (χ1) is 19.4. The Morgan fingerprint density at radius 3 is 2.10 bits per heavy atom. The van der Waals surface area contributed by atoms with E-state index in [1.807, 2.05) is 66.7 Å². The minimum atomic E-state index is -1.07. The van der Waals surface area contributed by atoms with Gasteiger partial charge in [0, 0.05) is 4.88 Å². The number of benzene rings is 3. The van der Waals surface area contributed by atoms with Gasteiger partial charge in [-0.05, 0) is 47.4 Å². The van der Waals surface area contributed by atoms with Crippen molar-refractivity contribution >= 4 is 40.8 Å². The fourth-order valence-corrected chi connectivity index (χ4v) is 5.87. The third-order valence-electron chi connectivity index (χ3n) is 6.80. The van der Waals surface area contributed by atoms with Gasteiger partial charge in [-0.3, -0.25) is 4.79 Å². The lowest BCUT2D eigenvalue weighted by Gasteiger charge is -2.44. The maximum absolute atomic E-state index is 13.6. The summed E-state index contributed by atoms with van der Waals surface area (Å²) in [5.41, 5.74) is 2.45. The Balaban J connectivity index is 1.37. The molecule has 2 atom stereocenters. The third-order valence-corrected chi connectivity index (χ3v) is 8.05. The van der Waals surface area contributed by atoms with Gasteiger partial charge in [0.05, 0.1) is 23.4 Å². The maximum atomic E-state index is 13.6. The minimum Gasteiger partial charge on any atom is -0.497 e. The van der Waals surface area contributed by atoms with E-state index in [1.165, 1.54) is 11.3 Å². The number of hydrogen-bond donors (Lipinski definition) is 1. The average molecular weight is 575 g/mol. The SMILES string of the molecule is COc1ccc(COC(=O)[C@@H]2[C@@H](Cc3ccc(Cl)s3)C(=O)N2C(=O)NC(c2ccccc2)c2ccccc2)cc1. The molecule has 0 unspecified atom stereocenters. The van der Waals surface area contributed by atoms with Crippen LogP contribution in [0.3, 0.4) is 0 Å². The number of amides is 3. The Kier molecular flexibility index (Phi) is 8.48. The molecule has 3 amide bonds. The number of esters is 1. The van der Waals surface area contributed by atoms with Gasteiger partial charge in [-0.1, -0.05) is 84.4 Å². The molecule has 0 aliphatic carbocycles. The second-order valence-electron chi connectivity index (χ2n) is 9.33. The number of carbonyl (C=O) groups is 3. The van der Waals surface area contributed by atoms with Crippen molar-refractivity contribution in [1.82, 2.24) is 10.2 Å². The number of nitrogens with zero attached hydrogens (tertiary/aromatic N) is 1. The van der Waals surface area contributed by atoms with E-state index in [2.05, 4.69) is 5.32 Å². The second-order valence-corrected chi connectivity index (χ2v) is 11.1. The second kappa shape index (κ2) is 12.4. The van der Waals surface area contributed by atoms with E-state index in [-0.39, 0.29) is 13.0 Å². The number of thiophene rings is 1. The van der Waals surface area contributed by atoms with Crippen molar-refractivity contribution in [2.75, 3.05) is 7.11 Å². The molecule has 1 fully saturated rings. The molecule has 0 bridgehead atoms. The van der Waals surface area contributed by atoms with Crippen molar-refractivity contribution in [1.29, 1.82) is 0 Å². The molecule has 1 saturated heterocycles. The van der Waals surface area contributed by atoms with Gasteiger partial charge in [0.25, 0.3) is 0 Å². The van der Waals surface area contributed by atoms with E-state index in [0.717, 1.165) is 26.5 Å². The van der Waals surface area contributed by atoms with Gasteiger partial charge in [0.15, 0.2) is 6.04 Å². The van der Waals surface area contributed by atoms with Crippen LogP contribution in [0.15, 0.2) is 97.1 Å². The summed E-state index contributed by atoms with van der Waals surface area (Å²) in [4.78, 5) is 42.2. The predicted octanol–water partition coefficient (Wildman–Crippen LogP) is 6.02. The van der Waals surface area contributed by atoms with E-state index in [4.69, 9.17) is 21.1 Å². The van der Waals surface area contributed by atoms with Crippen LogP contribution in [0.4, 0.5) is 4.79 Å². The molecule has 3 aromatic carbocycles. The predicted molar refractivity (Wildman–Crippen MR) is 153 cm³/mol. The van der Waals surface area contributed by atoms with Gasteiger partial charge < -0.3 is 14.8 Å². The fourth-order valence-electron chi connectivity index (χ4n) is 4.73. The van der Waals surface area contributed by atoms with E-state index in [9.17, 15) is 14.4 Å². The highest BCUT2D eigenvalue weighted by Crippen LogP contribution is 2.35. The van der Waals surface area contributed by atoms with Crippen LogP contribution < -0.4 is 10.1 Å². The zero-order valence-electron chi connectivity index (χ0n) is 21.7. The molecule has 2 heterocycles. The summed E-state index contributed by atoms with van der Waals surface area (Å²) in [7, 11) is 1.57. The molecule has 1 aromatic heterocycles. The summed E-state index contributed by atoms with van der Waals surface area (Å²) in [5, 5.41) is 2.97. The molecule has 0 spiro atoms. The minimum absolute atomic E-state index is 0.00279. The van der Waals surface area contributed by atoms with E-state index < -0.39 is 35.9 Å². The van der Waals surface area contributed by atoms with E-state index >= 15 is 0 Å². The van der Waals surface area contributed by atoms with Crippen LogP contribution in [0, 0.1) is 5.92 Å². The largest absolute Gasteiger partial charge is 0.497 e. The van der Waals surface area contributed by atoms with Gasteiger partial charge in [0.1, 0.15) is 12.4 Å². The summed E-state index contributed by atoms with van der Waals surface area (Å²) >= 11 is 7.43. The Hall–Kier alpha value is -4.14. The van der Waals surface area contributed by atoms with Crippen molar-refractivity contribution < 1.29 is 23.9 Å². The Morgan fingerprint density at radius 1 is 0.925 bits per heavy atom. The fraction of sp³-hybridized carbons (Fsp3) is 0.194.